The molecule has 1 heterocycles. The minimum Gasteiger partial charge on any atom is -0.325 e. The summed E-state index contributed by atoms with van der Waals surface area (Å²) in [7, 11) is 2.08. The molecule has 0 spiro atoms. The smallest absolute Gasteiger partial charge is 0.225 e. The van der Waals surface area contributed by atoms with Crippen molar-refractivity contribution < 1.29 is 4.79 Å². The lowest BCUT2D eigenvalue weighted by molar-refractivity contribution is -0.117. The minimum absolute atomic E-state index is 0.0487. The molecule has 0 aliphatic carbocycles. The number of rotatable bonds is 3. The molecule has 1 fully saturated rings. The Hall–Kier alpha value is -1.06. The van der Waals surface area contributed by atoms with Gasteiger partial charge < -0.3 is 10.2 Å². The van der Waals surface area contributed by atoms with Crippen LogP contribution >= 0.6 is 11.6 Å². The molecule has 1 aliphatic heterocycles. The molecule has 1 aromatic carbocycles. The highest BCUT2D eigenvalue weighted by molar-refractivity contribution is 6.34. The molecule has 1 aliphatic rings. The van der Waals surface area contributed by atoms with Crippen molar-refractivity contribution >= 4 is 23.2 Å². The molecule has 1 atom stereocenters. The number of amides is 1. The Kier molecular flexibility index (Phi) is 4.48. The summed E-state index contributed by atoms with van der Waals surface area (Å²) < 4.78 is 0. The van der Waals surface area contributed by atoms with Crippen LogP contribution in [0, 0.1) is 13.8 Å². The maximum atomic E-state index is 12.1. The summed E-state index contributed by atoms with van der Waals surface area (Å²) in [6, 6.07) is 4.28. The second-order valence-electron chi connectivity index (χ2n) is 5.47. The van der Waals surface area contributed by atoms with E-state index in [1.807, 2.05) is 26.0 Å². The van der Waals surface area contributed by atoms with Crippen molar-refractivity contribution in [3.05, 3.63) is 28.3 Å². The normalized spacial score (nSPS) is 19.7. The average molecular weight is 281 g/mol. The number of nitrogens with zero attached hydrogens (tertiary/aromatic N) is 1. The number of hydrogen-bond acceptors (Lipinski definition) is 2. The van der Waals surface area contributed by atoms with E-state index in [1.54, 1.807) is 0 Å². The van der Waals surface area contributed by atoms with E-state index in [4.69, 9.17) is 11.6 Å². The van der Waals surface area contributed by atoms with E-state index in [1.165, 1.54) is 6.42 Å². The number of anilines is 1. The van der Waals surface area contributed by atoms with Crippen molar-refractivity contribution in [1.82, 2.24) is 4.90 Å². The molecular formula is C15H21ClN2O. The zero-order valence-corrected chi connectivity index (χ0v) is 12.5. The summed E-state index contributed by atoms with van der Waals surface area (Å²) in [5.41, 5.74) is 2.87. The van der Waals surface area contributed by atoms with Crippen molar-refractivity contribution in [2.24, 2.45) is 0 Å². The van der Waals surface area contributed by atoms with E-state index < -0.39 is 0 Å². The summed E-state index contributed by atoms with van der Waals surface area (Å²) in [5, 5.41) is 3.57. The van der Waals surface area contributed by atoms with Gasteiger partial charge in [-0.2, -0.15) is 0 Å². The quantitative estimate of drug-likeness (QED) is 0.921. The molecule has 2 rings (SSSR count). The third kappa shape index (κ3) is 3.48. The van der Waals surface area contributed by atoms with Gasteiger partial charge in [-0.1, -0.05) is 17.7 Å². The zero-order chi connectivity index (χ0) is 14.0. The zero-order valence-electron chi connectivity index (χ0n) is 11.8. The Morgan fingerprint density at radius 1 is 1.47 bits per heavy atom. The van der Waals surface area contributed by atoms with Gasteiger partial charge in [-0.15, -0.1) is 0 Å². The van der Waals surface area contributed by atoms with E-state index in [9.17, 15) is 4.79 Å². The standard InChI is InChI=1S/C15H21ClN2O/c1-10-7-11(2)15(13(16)8-10)17-14(19)9-12-5-4-6-18(12)3/h7-8,12H,4-6,9H2,1-3H3,(H,17,19). The SMILES string of the molecule is Cc1cc(C)c(NC(=O)CC2CCCN2C)c(Cl)c1. The minimum atomic E-state index is 0.0487. The second-order valence-corrected chi connectivity index (χ2v) is 5.87. The lowest BCUT2D eigenvalue weighted by Gasteiger charge is -2.19. The molecule has 0 radical (unpaired) electrons. The van der Waals surface area contributed by atoms with Gasteiger partial charge in [-0.3, -0.25) is 4.79 Å². The fraction of sp³-hybridized carbons (Fsp3) is 0.533. The first kappa shape index (κ1) is 14.4. The lowest BCUT2D eigenvalue weighted by Crippen LogP contribution is -2.29. The monoisotopic (exact) mass is 280 g/mol. The van der Waals surface area contributed by atoms with Gasteiger partial charge in [-0.25, -0.2) is 0 Å². The predicted octanol–water partition coefficient (Wildman–Crippen LogP) is 3.38. The van der Waals surface area contributed by atoms with Gasteiger partial charge in [0.15, 0.2) is 0 Å². The highest BCUT2D eigenvalue weighted by Gasteiger charge is 2.23. The van der Waals surface area contributed by atoms with Crippen molar-refractivity contribution in [2.75, 3.05) is 18.9 Å². The number of carbonyl (C=O) groups is 1. The van der Waals surface area contributed by atoms with Crippen LogP contribution in [0.15, 0.2) is 12.1 Å². The summed E-state index contributed by atoms with van der Waals surface area (Å²) in [6.45, 7) is 5.05. The van der Waals surface area contributed by atoms with Crippen LogP contribution in [0.25, 0.3) is 0 Å². The van der Waals surface area contributed by atoms with Gasteiger partial charge in [0.1, 0.15) is 0 Å². The molecule has 19 heavy (non-hydrogen) atoms. The Morgan fingerprint density at radius 3 is 2.79 bits per heavy atom. The summed E-state index contributed by atoms with van der Waals surface area (Å²) in [4.78, 5) is 14.4. The predicted molar refractivity (Wildman–Crippen MR) is 79.8 cm³/mol. The molecule has 4 heteroatoms. The fourth-order valence-corrected chi connectivity index (χ4v) is 3.08. The van der Waals surface area contributed by atoms with E-state index >= 15 is 0 Å². The van der Waals surface area contributed by atoms with Crippen LogP contribution in [0.5, 0.6) is 0 Å². The molecule has 1 saturated heterocycles. The van der Waals surface area contributed by atoms with Crippen LogP contribution in [-0.4, -0.2) is 30.4 Å². The van der Waals surface area contributed by atoms with Crippen LogP contribution in [0.1, 0.15) is 30.4 Å². The number of likely N-dealkylation sites (tertiary alicyclic amines) is 1. The summed E-state index contributed by atoms with van der Waals surface area (Å²) >= 11 is 6.20. The highest BCUT2D eigenvalue weighted by atomic mass is 35.5. The highest BCUT2D eigenvalue weighted by Crippen LogP contribution is 2.28. The van der Waals surface area contributed by atoms with Crippen LogP contribution < -0.4 is 5.32 Å². The van der Waals surface area contributed by atoms with Gasteiger partial charge in [0.05, 0.1) is 10.7 Å². The van der Waals surface area contributed by atoms with Gasteiger partial charge in [0.25, 0.3) is 0 Å². The van der Waals surface area contributed by atoms with Crippen LogP contribution in [0.2, 0.25) is 5.02 Å². The molecule has 0 aromatic heterocycles. The molecule has 3 nitrogen and oxygen atoms in total. The molecule has 1 aromatic rings. The fourth-order valence-electron chi connectivity index (χ4n) is 2.72. The lowest BCUT2D eigenvalue weighted by atomic mass is 10.1. The first-order chi connectivity index (χ1) is 8.97. The molecule has 1 unspecified atom stereocenters. The number of nitrogens with one attached hydrogen (secondary N) is 1. The summed E-state index contributed by atoms with van der Waals surface area (Å²) in [6.07, 6.45) is 2.82. The Morgan fingerprint density at radius 2 is 2.21 bits per heavy atom. The first-order valence-electron chi connectivity index (χ1n) is 6.74. The maximum absolute atomic E-state index is 12.1. The van der Waals surface area contributed by atoms with Gasteiger partial charge in [-0.05, 0) is 57.5 Å². The number of aryl methyl sites for hydroxylation is 2. The molecule has 104 valence electrons. The van der Waals surface area contributed by atoms with E-state index in [-0.39, 0.29) is 5.91 Å². The summed E-state index contributed by atoms with van der Waals surface area (Å²) in [5.74, 6) is 0.0487. The third-order valence-electron chi connectivity index (χ3n) is 3.79. The largest absolute Gasteiger partial charge is 0.325 e. The Labute approximate surface area is 119 Å². The third-order valence-corrected chi connectivity index (χ3v) is 4.09. The van der Waals surface area contributed by atoms with E-state index in [2.05, 4.69) is 17.3 Å². The van der Waals surface area contributed by atoms with Crippen molar-refractivity contribution in [3.8, 4) is 0 Å². The number of carbonyl (C=O) groups excluding carboxylic acids is 1. The molecule has 0 bridgehead atoms. The van der Waals surface area contributed by atoms with E-state index in [0.29, 0.717) is 17.5 Å². The van der Waals surface area contributed by atoms with Crippen molar-refractivity contribution in [2.45, 2.75) is 39.2 Å². The van der Waals surface area contributed by atoms with Crippen LogP contribution in [0.4, 0.5) is 5.69 Å². The number of benzene rings is 1. The van der Waals surface area contributed by atoms with Crippen molar-refractivity contribution in [3.63, 3.8) is 0 Å². The molecule has 0 saturated carbocycles. The molecule has 1 amide bonds. The number of halogens is 1. The first-order valence-corrected chi connectivity index (χ1v) is 7.12. The second kappa shape index (κ2) is 5.93. The molecular weight excluding hydrogens is 260 g/mol. The van der Waals surface area contributed by atoms with Crippen molar-refractivity contribution in [1.29, 1.82) is 0 Å². The van der Waals surface area contributed by atoms with Gasteiger partial charge in [0.2, 0.25) is 5.91 Å². The van der Waals surface area contributed by atoms with E-state index in [0.717, 1.165) is 29.8 Å². The Balaban J connectivity index is 2.03. The maximum Gasteiger partial charge on any atom is 0.225 e. The van der Waals surface area contributed by atoms with Gasteiger partial charge >= 0.3 is 0 Å². The number of hydrogen-bond donors (Lipinski definition) is 1. The average Bonchev–Trinajstić information content (AvgIpc) is 2.69. The van der Waals surface area contributed by atoms with Crippen LogP contribution in [0.3, 0.4) is 0 Å². The molecule has 1 N–H and O–H groups in total. The van der Waals surface area contributed by atoms with Crippen LogP contribution in [-0.2, 0) is 4.79 Å². The van der Waals surface area contributed by atoms with Gasteiger partial charge in [0, 0.05) is 12.5 Å². The Bertz CT molecular complexity index is 464. The topological polar surface area (TPSA) is 32.3 Å².